The number of rotatable bonds is 7. The molecule has 1 N–H and O–H groups in total. The van der Waals surface area contributed by atoms with Crippen molar-refractivity contribution >= 4 is 0 Å². The molecular weight excluding hydrogens is 238 g/mol. The highest BCUT2D eigenvalue weighted by atomic mass is 16.5. The minimum absolute atomic E-state index is 0.684. The van der Waals surface area contributed by atoms with Crippen LogP contribution in [-0.2, 0) is 0 Å². The first kappa shape index (κ1) is 14.2. The van der Waals surface area contributed by atoms with Crippen molar-refractivity contribution in [1.29, 1.82) is 0 Å². The van der Waals surface area contributed by atoms with Gasteiger partial charge in [0.2, 0.25) is 0 Å². The third kappa shape index (κ3) is 4.13. The lowest BCUT2D eigenvalue weighted by Crippen LogP contribution is -2.29. The maximum absolute atomic E-state index is 5.81. The summed E-state index contributed by atoms with van der Waals surface area (Å²) in [5.41, 5.74) is 0. The van der Waals surface area contributed by atoms with E-state index in [1.54, 1.807) is 0 Å². The highest BCUT2D eigenvalue weighted by Gasteiger charge is 2.25. The first-order valence-electron chi connectivity index (χ1n) is 7.36. The van der Waals surface area contributed by atoms with Crippen LogP contribution in [0.2, 0.25) is 0 Å². The van der Waals surface area contributed by atoms with E-state index in [9.17, 15) is 0 Å². The number of benzene rings is 1. The van der Waals surface area contributed by atoms with Crippen LogP contribution in [0.5, 0.6) is 11.5 Å². The fourth-order valence-electron chi connectivity index (χ4n) is 2.89. The van der Waals surface area contributed by atoms with E-state index in [1.165, 1.54) is 19.3 Å². The Morgan fingerprint density at radius 1 is 1.11 bits per heavy atom. The quantitative estimate of drug-likeness (QED) is 0.819. The van der Waals surface area contributed by atoms with Crippen molar-refractivity contribution in [2.24, 2.45) is 5.92 Å². The lowest BCUT2D eigenvalue weighted by atomic mass is 10.0. The topological polar surface area (TPSA) is 30.5 Å². The average Bonchev–Trinajstić information content (AvgIpc) is 2.88. The van der Waals surface area contributed by atoms with E-state index in [1.807, 2.05) is 31.2 Å². The Morgan fingerprint density at radius 3 is 2.42 bits per heavy atom. The van der Waals surface area contributed by atoms with Gasteiger partial charge in [0, 0.05) is 6.04 Å². The molecule has 0 heterocycles. The summed E-state index contributed by atoms with van der Waals surface area (Å²) in [6, 6.07) is 8.57. The molecule has 0 radical (unpaired) electrons. The summed E-state index contributed by atoms with van der Waals surface area (Å²) in [6.07, 6.45) is 5.13. The average molecular weight is 263 g/mol. The van der Waals surface area contributed by atoms with Crippen LogP contribution >= 0.6 is 0 Å². The van der Waals surface area contributed by atoms with Crippen LogP contribution in [0.1, 0.15) is 32.6 Å². The molecule has 0 aliphatic heterocycles. The second kappa shape index (κ2) is 7.39. The van der Waals surface area contributed by atoms with Crippen molar-refractivity contribution in [3.63, 3.8) is 0 Å². The summed E-state index contributed by atoms with van der Waals surface area (Å²) < 4.78 is 11.2. The van der Waals surface area contributed by atoms with Gasteiger partial charge < -0.3 is 14.8 Å². The van der Waals surface area contributed by atoms with Gasteiger partial charge in [-0.3, -0.25) is 0 Å². The SMILES string of the molecule is CCOc1ccc(OCCC2CCCC2NC)cc1. The Morgan fingerprint density at radius 2 is 1.79 bits per heavy atom. The van der Waals surface area contributed by atoms with Crippen LogP contribution in [0.4, 0.5) is 0 Å². The van der Waals surface area contributed by atoms with Gasteiger partial charge in [0.15, 0.2) is 0 Å². The van der Waals surface area contributed by atoms with Crippen LogP contribution in [0.3, 0.4) is 0 Å². The maximum atomic E-state index is 5.81. The van der Waals surface area contributed by atoms with E-state index >= 15 is 0 Å². The molecule has 2 atom stereocenters. The lowest BCUT2D eigenvalue weighted by Gasteiger charge is -2.18. The zero-order chi connectivity index (χ0) is 13.5. The predicted octanol–water partition coefficient (Wildman–Crippen LogP) is 3.24. The molecule has 0 saturated heterocycles. The van der Waals surface area contributed by atoms with E-state index in [2.05, 4.69) is 12.4 Å². The largest absolute Gasteiger partial charge is 0.494 e. The summed E-state index contributed by atoms with van der Waals surface area (Å²) in [5.74, 6) is 2.61. The Kier molecular flexibility index (Phi) is 5.52. The van der Waals surface area contributed by atoms with Gasteiger partial charge in [-0.15, -0.1) is 0 Å². The van der Waals surface area contributed by atoms with Crippen LogP contribution in [0, 0.1) is 5.92 Å². The van der Waals surface area contributed by atoms with Crippen molar-refractivity contribution < 1.29 is 9.47 Å². The van der Waals surface area contributed by atoms with Crippen LogP contribution in [0.25, 0.3) is 0 Å². The minimum Gasteiger partial charge on any atom is -0.494 e. The summed E-state index contributed by atoms with van der Waals surface area (Å²) in [4.78, 5) is 0. The number of hydrogen-bond acceptors (Lipinski definition) is 3. The zero-order valence-corrected chi connectivity index (χ0v) is 12.0. The first-order chi connectivity index (χ1) is 9.33. The van der Waals surface area contributed by atoms with Crippen molar-refractivity contribution in [3.05, 3.63) is 24.3 Å². The van der Waals surface area contributed by atoms with Gasteiger partial charge in [-0.25, -0.2) is 0 Å². The fourth-order valence-corrected chi connectivity index (χ4v) is 2.89. The molecule has 0 bridgehead atoms. The minimum atomic E-state index is 0.684. The molecule has 3 nitrogen and oxygen atoms in total. The molecule has 0 aromatic heterocycles. The van der Waals surface area contributed by atoms with Crippen molar-refractivity contribution in [2.45, 2.75) is 38.6 Å². The van der Waals surface area contributed by atoms with Crippen molar-refractivity contribution in [2.75, 3.05) is 20.3 Å². The molecule has 1 aliphatic rings. The smallest absolute Gasteiger partial charge is 0.119 e. The molecule has 1 saturated carbocycles. The van der Waals surface area contributed by atoms with E-state index in [0.29, 0.717) is 12.6 Å². The summed E-state index contributed by atoms with van der Waals surface area (Å²) in [6.45, 7) is 3.49. The van der Waals surface area contributed by atoms with Gasteiger partial charge in [-0.05, 0) is 63.4 Å². The van der Waals surface area contributed by atoms with E-state index < -0.39 is 0 Å². The molecular formula is C16H25NO2. The molecule has 2 unspecified atom stereocenters. The fraction of sp³-hybridized carbons (Fsp3) is 0.625. The van der Waals surface area contributed by atoms with Gasteiger partial charge in [-0.1, -0.05) is 6.42 Å². The van der Waals surface area contributed by atoms with Crippen molar-refractivity contribution in [1.82, 2.24) is 5.32 Å². The molecule has 1 aliphatic carbocycles. The summed E-state index contributed by atoms with van der Waals surface area (Å²) in [5, 5.41) is 3.41. The van der Waals surface area contributed by atoms with Crippen molar-refractivity contribution in [3.8, 4) is 11.5 Å². The summed E-state index contributed by atoms with van der Waals surface area (Å²) in [7, 11) is 2.07. The molecule has 1 aromatic rings. The molecule has 0 spiro atoms. The van der Waals surface area contributed by atoms with E-state index in [4.69, 9.17) is 9.47 Å². The van der Waals surface area contributed by atoms with Gasteiger partial charge in [0.05, 0.1) is 13.2 Å². The van der Waals surface area contributed by atoms with E-state index in [0.717, 1.165) is 30.4 Å². The van der Waals surface area contributed by atoms with E-state index in [-0.39, 0.29) is 0 Å². The normalized spacial score (nSPS) is 22.4. The number of ether oxygens (including phenoxy) is 2. The van der Waals surface area contributed by atoms with Gasteiger partial charge >= 0.3 is 0 Å². The van der Waals surface area contributed by atoms with Crippen LogP contribution in [-0.4, -0.2) is 26.3 Å². The third-order valence-corrected chi connectivity index (χ3v) is 3.92. The highest BCUT2D eigenvalue weighted by Crippen LogP contribution is 2.28. The Bertz CT molecular complexity index is 364. The monoisotopic (exact) mass is 263 g/mol. The predicted molar refractivity (Wildman–Crippen MR) is 77.9 cm³/mol. The first-order valence-corrected chi connectivity index (χ1v) is 7.36. The Balaban J connectivity index is 1.73. The molecule has 106 valence electrons. The standard InChI is InChI=1S/C16H25NO2/c1-3-18-14-7-9-15(10-8-14)19-12-11-13-5-4-6-16(13)17-2/h7-10,13,16-17H,3-6,11-12H2,1-2H3. The lowest BCUT2D eigenvalue weighted by molar-refractivity contribution is 0.263. The molecule has 2 rings (SSSR count). The highest BCUT2D eigenvalue weighted by molar-refractivity contribution is 5.31. The van der Waals surface area contributed by atoms with Gasteiger partial charge in [0.1, 0.15) is 11.5 Å². The van der Waals surface area contributed by atoms with Gasteiger partial charge in [0.25, 0.3) is 0 Å². The van der Waals surface area contributed by atoms with Crippen LogP contribution in [0.15, 0.2) is 24.3 Å². The second-order valence-corrected chi connectivity index (χ2v) is 5.13. The summed E-state index contributed by atoms with van der Waals surface area (Å²) >= 11 is 0. The molecule has 0 amide bonds. The Labute approximate surface area is 116 Å². The molecule has 1 aromatic carbocycles. The van der Waals surface area contributed by atoms with Gasteiger partial charge in [-0.2, -0.15) is 0 Å². The number of hydrogen-bond donors (Lipinski definition) is 1. The molecule has 3 heteroatoms. The zero-order valence-electron chi connectivity index (χ0n) is 12.0. The third-order valence-electron chi connectivity index (χ3n) is 3.92. The molecule has 19 heavy (non-hydrogen) atoms. The van der Waals surface area contributed by atoms with Crippen LogP contribution < -0.4 is 14.8 Å². The molecule has 1 fully saturated rings. The second-order valence-electron chi connectivity index (χ2n) is 5.13. The Hall–Kier alpha value is -1.22. The number of nitrogens with one attached hydrogen (secondary N) is 1. The maximum Gasteiger partial charge on any atom is 0.119 e.